The van der Waals surface area contributed by atoms with Crippen LogP contribution in [0.2, 0.25) is 10.0 Å². The Morgan fingerprint density at radius 1 is 0.935 bits per heavy atom. The molecule has 3 aromatic carbocycles. The second-order valence-electron chi connectivity index (χ2n) is 6.77. The lowest BCUT2D eigenvalue weighted by Gasteiger charge is -2.16. The van der Waals surface area contributed by atoms with Gasteiger partial charge in [-0.15, -0.1) is 12.4 Å². The summed E-state index contributed by atoms with van der Waals surface area (Å²) in [5.41, 5.74) is 1.77. The molecule has 4 aromatic rings. The third kappa shape index (κ3) is 5.83. The molecule has 0 fully saturated rings. The number of imidazole rings is 1. The molecule has 5 nitrogen and oxygen atoms in total. The molecule has 1 atom stereocenters. The fourth-order valence-electron chi connectivity index (χ4n) is 3.15. The normalized spacial score (nSPS) is 11.7. The molecule has 1 aromatic heterocycles. The van der Waals surface area contributed by atoms with Crippen LogP contribution in [0.3, 0.4) is 0 Å². The van der Waals surface area contributed by atoms with Gasteiger partial charge < -0.3 is 19.1 Å². The molecule has 0 aliphatic rings. The van der Waals surface area contributed by atoms with Gasteiger partial charge in [-0.05, 0) is 42.5 Å². The Bertz CT molecular complexity index is 1140. The van der Waals surface area contributed by atoms with Crippen molar-refractivity contribution >= 4 is 46.6 Å². The van der Waals surface area contributed by atoms with Crippen LogP contribution in [0.1, 0.15) is 5.82 Å². The maximum absolute atomic E-state index is 10.6. The lowest BCUT2D eigenvalue weighted by Crippen LogP contribution is -2.25. The number of ether oxygens (including phenoxy) is 2. The van der Waals surface area contributed by atoms with Crippen molar-refractivity contribution in [3.8, 4) is 11.5 Å². The molecule has 1 unspecified atom stereocenters. The Kier molecular flexibility index (Phi) is 8.04. The van der Waals surface area contributed by atoms with Crippen LogP contribution in [0, 0.1) is 0 Å². The Morgan fingerprint density at radius 2 is 1.68 bits per heavy atom. The zero-order valence-corrected chi connectivity index (χ0v) is 18.8. The maximum atomic E-state index is 10.6. The zero-order chi connectivity index (χ0) is 20.9. The third-order valence-electron chi connectivity index (χ3n) is 4.56. The van der Waals surface area contributed by atoms with Crippen molar-refractivity contribution in [1.29, 1.82) is 0 Å². The minimum Gasteiger partial charge on any atom is -0.489 e. The number of hydrogen-bond donors (Lipinski definition) is 1. The molecule has 0 radical (unpaired) electrons. The van der Waals surface area contributed by atoms with Gasteiger partial charge in [-0.1, -0.05) is 53.5 Å². The van der Waals surface area contributed by atoms with Gasteiger partial charge in [0.2, 0.25) is 0 Å². The molecule has 1 N–H and O–H groups in total. The fraction of sp³-hybridized carbons (Fsp3) is 0.174. The largest absolute Gasteiger partial charge is 0.489 e. The molecule has 0 saturated carbocycles. The molecular formula is C23H21Cl3N2O3. The first-order valence-electron chi connectivity index (χ1n) is 9.48. The van der Waals surface area contributed by atoms with Gasteiger partial charge in [-0.2, -0.15) is 0 Å². The average Bonchev–Trinajstić information content (AvgIpc) is 3.10. The summed E-state index contributed by atoms with van der Waals surface area (Å²) in [7, 11) is 0. The molecule has 0 amide bonds. The summed E-state index contributed by atoms with van der Waals surface area (Å²) in [6, 6.07) is 22.3. The summed E-state index contributed by atoms with van der Waals surface area (Å²) in [6.07, 6.45) is -0.773. The van der Waals surface area contributed by atoms with E-state index in [1.165, 1.54) is 0 Å². The molecule has 162 valence electrons. The molecule has 0 spiro atoms. The number of halogens is 3. The van der Waals surface area contributed by atoms with Crippen LogP contribution in [-0.2, 0) is 13.2 Å². The zero-order valence-electron chi connectivity index (χ0n) is 16.4. The highest BCUT2D eigenvalue weighted by molar-refractivity contribution is 6.35. The summed E-state index contributed by atoms with van der Waals surface area (Å²) in [5.74, 6) is 1.96. The van der Waals surface area contributed by atoms with Crippen molar-refractivity contribution < 1.29 is 14.6 Å². The minimum atomic E-state index is -0.773. The predicted octanol–water partition coefficient (Wildman–Crippen LogP) is 5.78. The monoisotopic (exact) mass is 478 g/mol. The van der Waals surface area contributed by atoms with Gasteiger partial charge in [0.25, 0.3) is 0 Å². The van der Waals surface area contributed by atoms with Gasteiger partial charge in [-0.25, -0.2) is 4.98 Å². The molecular weight excluding hydrogens is 459 g/mol. The second kappa shape index (κ2) is 10.7. The van der Waals surface area contributed by atoms with Crippen molar-refractivity contribution in [3.63, 3.8) is 0 Å². The summed E-state index contributed by atoms with van der Waals surface area (Å²) in [5, 5.41) is 11.5. The second-order valence-corrected chi connectivity index (χ2v) is 7.61. The summed E-state index contributed by atoms with van der Waals surface area (Å²) >= 11 is 12.0. The Morgan fingerprint density at radius 3 is 2.45 bits per heavy atom. The van der Waals surface area contributed by atoms with E-state index in [9.17, 15) is 5.11 Å². The molecule has 4 rings (SSSR count). The first kappa shape index (κ1) is 23.2. The summed E-state index contributed by atoms with van der Waals surface area (Å²) in [4.78, 5) is 4.67. The maximum Gasteiger partial charge on any atom is 0.148 e. The van der Waals surface area contributed by atoms with E-state index >= 15 is 0 Å². The highest BCUT2D eigenvalue weighted by Crippen LogP contribution is 2.27. The van der Waals surface area contributed by atoms with Crippen LogP contribution in [0.5, 0.6) is 11.5 Å². The van der Waals surface area contributed by atoms with Gasteiger partial charge >= 0.3 is 0 Å². The standard InChI is InChI=1S/C23H20Cl2N2O3.ClH/c24-16-10-11-22(19(25)12-16)30-14-17(28)13-27-21-9-5-4-8-20(21)26-23(27)15-29-18-6-2-1-3-7-18;/h1-12,17,28H,13-15H2;1H. The topological polar surface area (TPSA) is 56.5 Å². The number of hydrogen-bond acceptors (Lipinski definition) is 4. The van der Waals surface area contributed by atoms with Gasteiger partial charge in [0.15, 0.2) is 0 Å². The van der Waals surface area contributed by atoms with Crippen molar-refractivity contribution in [2.75, 3.05) is 6.61 Å². The van der Waals surface area contributed by atoms with Crippen molar-refractivity contribution in [3.05, 3.63) is 88.7 Å². The minimum absolute atomic E-state index is 0. The van der Waals surface area contributed by atoms with E-state index in [2.05, 4.69) is 4.98 Å². The molecule has 0 saturated heterocycles. The number of aliphatic hydroxyl groups excluding tert-OH is 1. The highest BCUT2D eigenvalue weighted by atomic mass is 35.5. The van der Waals surface area contributed by atoms with Gasteiger partial charge in [-0.3, -0.25) is 0 Å². The van der Waals surface area contributed by atoms with Crippen LogP contribution in [0.15, 0.2) is 72.8 Å². The number of nitrogens with zero attached hydrogens (tertiary/aromatic N) is 2. The van der Waals surface area contributed by atoms with Crippen molar-refractivity contribution in [2.45, 2.75) is 19.3 Å². The first-order valence-corrected chi connectivity index (χ1v) is 10.2. The van der Waals surface area contributed by atoms with Gasteiger partial charge in [0.05, 0.1) is 22.6 Å². The number of rotatable bonds is 8. The number of para-hydroxylation sites is 3. The van der Waals surface area contributed by atoms with E-state index in [4.69, 9.17) is 32.7 Å². The lowest BCUT2D eigenvalue weighted by molar-refractivity contribution is 0.0918. The average molecular weight is 480 g/mol. The van der Waals surface area contributed by atoms with E-state index in [-0.39, 0.29) is 25.6 Å². The van der Waals surface area contributed by atoms with E-state index in [1.54, 1.807) is 18.2 Å². The quantitative estimate of drug-likeness (QED) is 0.348. The summed E-state index contributed by atoms with van der Waals surface area (Å²) < 4.78 is 13.5. The SMILES string of the molecule is Cl.OC(COc1ccc(Cl)cc1Cl)Cn1c(COc2ccccc2)nc2ccccc21. The van der Waals surface area contributed by atoms with E-state index in [1.807, 2.05) is 59.2 Å². The van der Waals surface area contributed by atoms with E-state index < -0.39 is 6.10 Å². The first-order chi connectivity index (χ1) is 14.6. The van der Waals surface area contributed by atoms with E-state index in [0.29, 0.717) is 22.3 Å². The Labute approximate surface area is 196 Å². The van der Waals surface area contributed by atoms with Gasteiger partial charge in [0, 0.05) is 5.02 Å². The summed E-state index contributed by atoms with van der Waals surface area (Å²) in [6.45, 7) is 0.668. The number of aromatic nitrogens is 2. The fourth-order valence-corrected chi connectivity index (χ4v) is 3.61. The van der Waals surface area contributed by atoms with Crippen LogP contribution >= 0.6 is 35.6 Å². The molecule has 0 aliphatic heterocycles. The van der Waals surface area contributed by atoms with E-state index in [0.717, 1.165) is 22.6 Å². The number of aliphatic hydroxyl groups is 1. The van der Waals surface area contributed by atoms with Crippen LogP contribution < -0.4 is 9.47 Å². The smallest absolute Gasteiger partial charge is 0.148 e. The molecule has 8 heteroatoms. The van der Waals surface area contributed by atoms with Crippen LogP contribution in [0.25, 0.3) is 11.0 Å². The molecule has 0 aliphatic carbocycles. The van der Waals surface area contributed by atoms with Crippen LogP contribution in [0.4, 0.5) is 0 Å². The lowest BCUT2D eigenvalue weighted by atomic mass is 10.3. The highest BCUT2D eigenvalue weighted by Gasteiger charge is 2.16. The predicted molar refractivity (Wildman–Crippen MR) is 126 cm³/mol. The number of benzene rings is 3. The molecule has 0 bridgehead atoms. The molecule has 1 heterocycles. The van der Waals surface area contributed by atoms with Gasteiger partial charge in [0.1, 0.15) is 36.6 Å². The molecule has 31 heavy (non-hydrogen) atoms. The number of fused-ring (bicyclic) bond motifs is 1. The Balaban J connectivity index is 0.00000272. The van der Waals surface area contributed by atoms with Crippen molar-refractivity contribution in [2.24, 2.45) is 0 Å². The van der Waals surface area contributed by atoms with Crippen LogP contribution in [-0.4, -0.2) is 27.4 Å². The van der Waals surface area contributed by atoms with Crippen molar-refractivity contribution in [1.82, 2.24) is 9.55 Å². The Hall–Kier alpha value is -2.44. The third-order valence-corrected chi connectivity index (χ3v) is 5.09.